The van der Waals surface area contributed by atoms with E-state index in [9.17, 15) is 4.79 Å². The monoisotopic (exact) mass is 257 g/mol. The zero-order valence-electron chi connectivity index (χ0n) is 12.0. The first-order valence-electron chi connectivity index (χ1n) is 7.59. The molecule has 2 aliphatic rings. The molecule has 2 fully saturated rings. The van der Waals surface area contributed by atoms with E-state index in [1.807, 2.05) is 0 Å². The molecule has 2 nitrogen and oxygen atoms in total. The van der Waals surface area contributed by atoms with Crippen molar-refractivity contribution in [3.05, 3.63) is 29.3 Å². The van der Waals surface area contributed by atoms with Crippen LogP contribution in [0, 0.1) is 6.92 Å². The minimum absolute atomic E-state index is 0.450. The first kappa shape index (κ1) is 12.7. The third-order valence-electron chi connectivity index (χ3n) is 4.75. The summed E-state index contributed by atoms with van der Waals surface area (Å²) < 4.78 is 0. The van der Waals surface area contributed by atoms with Crippen LogP contribution in [0.2, 0.25) is 0 Å². The molecule has 1 aromatic rings. The number of rotatable bonds is 2. The molecule has 102 valence electrons. The maximum atomic E-state index is 11.9. The van der Waals surface area contributed by atoms with Crippen molar-refractivity contribution in [2.24, 2.45) is 0 Å². The first-order valence-corrected chi connectivity index (χ1v) is 7.59. The summed E-state index contributed by atoms with van der Waals surface area (Å²) in [6.07, 6.45) is 6.23. The lowest BCUT2D eigenvalue weighted by atomic mass is 9.82. The summed E-state index contributed by atoms with van der Waals surface area (Å²) in [5, 5.41) is 0. The minimum Gasteiger partial charge on any atom is -0.364 e. The highest BCUT2D eigenvalue weighted by Gasteiger charge is 2.38. The van der Waals surface area contributed by atoms with Crippen molar-refractivity contribution in [2.75, 3.05) is 4.90 Å². The molecule has 1 aromatic carbocycles. The molecule has 0 aliphatic carbocycles. The number of Topliss-reactive ketones (excluding diaryl/α,β-unsaturated/α-hetero) is 1. The van der Waals surface area contributed by atoms with Crippen LogP contribution in [-0.2, 0) is 11.2 Å². The van der Waals surface area contributed by atoms with E-state index in [2.05, 4.69) is 36.9 Å². The quantitative estimate of drug-likeness (QED) is 0.806. The summed E-state index contributed by atoms with van der Waals surface area (Å²) in [6.45, 7) is 4.43. The van der Waals surface area contributed by atoms with Gasteiger partial charge in [0.25, 0.3) is 0 Å². The molecule has 0 saturated carbocycles. The van der Waals surface area contributed by atoms with Crippen LogP contribution in [-0.4, -0.2) is 17.9 Å². The maximum Gasteiger partial charge on any atom is 0.137 e. The summed E-state index contributed by atoms with van der Waals surface area (Å²) in [7, 11) is 0. The van der Waals surface area contributed by atoms with Crippen LogP contribution in [0.4, 0.5) is 5.69 Å². The molecule has 2 heterocycles. The van der Waals surface area contributed by atoms with Crippen LogP contribution >= 0.6 is 0 Å². The molecular weight excluding hydrogens is 234 g/mol. The second-order valence-corrected chi connectivity index (χ2v) is 6.03. The van der Waals surface area contributed by atoms with Gasteiger partial charge in [-0.1, -0.05) is 25.1 Å². The van der Waals surface area contributed by atoms with E-state index in [0.717, 1.165) is 19.3 Å². The number of piperidine rings is 2. The number of carbonyl (C=O) groups excluding carboxylic acids is 1. The van der Waals surface area contributed by atoms with Gasteiger partial charge in [-0.05, 0) is 43.7 Å². The summed E-state index contributed by atoms with van der Waals surface area (Å²) in [5.41, 5.74) is 4.23. The van der Waals surface area contributed by atoms with Gasteiger partial charge < -0.3 is 4.90 Å². The average Bonchev–Trinajstić information content (AvgIpc) is 2.38. The number of aryl methyl sites for hydroxylation is 2. The van der Waals surface area contributed by atoms with Gasteiger partial charge in [0.15, 0.2) is 0 Å². The highest BCUT2D eigenvalue weighted by molar-refractivity contribution is 5.83. The first-order chi connectivity index (χ1) is 9.20. The fourth-order valence-corrected chi connectivity index (χ4v) is 3.91. The molecule has 0 spiro atoms. The molecule has 2 saturated heterocycles. The normalized spacial score (nSPS) is 26.6. The Morgan fingerprint density at radius 1 is 1.21 bits per heavy atom. The Balaban J connectivity index is 2.04. The van der Waals surface area contributed by atoms with Crippen LogP contribution in [0.3, 0.4) is 0 Å². The summed E-state index contributed by atoms with van der Waals surface area (Å²) in [6, 6.07) is 7.51. The largest absolute Gasteiger partial charge is 0.364 e. The van der Waals surface area contributed by atoms with Crippen LogP contribution in [0.15, 0.2) is 18.2 Å². The van der Waals surface area contributed by atoms with Crippen LogP contribution in [0.1, 0.15) is 50.2 Å². The predicted molar refractivity (Wildman–Crippen MR) is 78.7 cm³/mol. The molecule has 0 aromatic heterocycles. The number of ketones is 1. The third-order valence-corrected chi connectivity index (χ3v) is 4.75. The molecule has 19 heavy (non-hydrogen) atoms. The average molecular weight is 257 g/mol. The summed E-state index contributed by atoms with van der Waals surface area (Å²) in [5.74, 6) is 0.470. The third kappa shape index (κ3) is 2.18. The van der Waals surface area contributed by atoms with E-state index in [1.54, 1.807) is 0 Å². The predicted octanol–water partition coefficient (Wildman–Crippen LogP) is 3.65. The Morgan fingerprint density at radius 3 is 2.53 bits per heavy atom. The number of para-hydroxylation sites is 1. The summed E-state index contributed by atoms with van der Waals surface area (Å²) in [4.78, 5) is 14.5. The van der Waals surface area contributed by atoms with E-state index in [1.165, 1.54) is 36.1 Å². The van der Waals surface area contributed by atoms with Gasteiger partial charge in [0.05, 0.1) is 0 Å². The topological polar surface area (TPSA) is 20.3 Å². The second kappa shape index (κ2) is 4.99. The Morgan fingerprint density at radius 2 is 1.89 bits per heavy atom. The van der Waals surface area contributed by atoms with Crippen molar-refractivity contribution < 1.29 is 4.79 Å². The van der Waals surface area contributed by atoms with Gasteiger partial charge in [0.1, 0.15) is 5.78 Å². The lowest BCUT2D eigenvalue weighted by Gasteiger charge is -2.48. The van der Waals surface area contributed by atoms with E-state index in [-0.39, 0.29) is 0 Å². The van der Waals surface area contributed by atoms with Crippen molar-refractivity contribution in [3.8, 4) is 0 Å². The molecule has 0 N–H and O–H groups in total. The molecular formula is C17H23NO. The SMILES string of the molecule is CCc1cccc(C)c1N1C2CCCC1CC(=O)C2. The molecule has 2 aliphatic heterocycles. The number of benzene rings is 1. The van der Waals surface area contributed by atoms with Crippen LogP contribution < -0.4 is 4.90 Å². The van der Waals surface area contributed by atoms with Crippen molar-refractivity contribution in [1.82, 2.24) is 0 Å². The lowest BCUT2D eigenvalue weighted by molar-refractivity contribution is -0.121. The van der Waals surface area contributed by atoms with E-state index in [4.69, 9.17) is 0 Å². The Hall–Kier alpha value is -1.31. The van der Waals surface area contributed by atoms with Crippen LogP contribution in [0.5, 0.6) is 0 Å². The van der Waals surface area contributed by atoms with Crippen molar-refractivity contribution in [3.63, 3.8) is 0 Å². The van der Waals surface area contributed by atoms with Crippen molar-refractivity contribution in [2.45, 2.75) is 64.5 Å². The van der Waals surface area contributed by atoms with Crippen molar-refractivity contribution in [1.29, 1.82) is 0 Å². The second-order valence-electron chi connectivity index (χ2n) is 6.03. The standard InChI is InChI=1S/C17H23NO/c1-3-13-7-4-6-12(2)17(13)18-14-8-5-9-15(18)11-16(19)10-14/h4,6-7,14-15H,3,5,8-11H2,1-2H3. The zero-order chi connectivity index (χ0) is 13.4. The van der Waals surface area contributed by atoms with Gasteiger partial charge in [-0.3, -0.25) is 4.79 Å². The number of fused-ring (bicyclic) bond motifs is 2. The number of hydrogen-bond donors (Lipinski definition) is 0. The highest BCUT2D eigenvalue weighted by atomic mass is 16.1. The molecule has 2 bridgehead atoms. The molecule has 2 unspecified atom stereocenters. The van der Waals surface area contributed by atoms with E-state index < -0.39 is 0 Å². The highest BCUT2D eigenvalue weighted by Crippen LogP contribution is 2.39. The van der Waals surface area contributed by atoms with Gasteiger partial charge in [-0.15, -0.1) is 0 Å². The number of carbonyl (C=O) groups is 1. The smallest absolute Gasteiger partial charge is 0.137 e. The fourth-order valence-electron chi connectivity index (χ4n) is 3.91. The minimum atomic E-state index is 0.450. The number of hydrogen-bond acceptors (Lipinski definition) is 2. The van der Waals surface area contributed by atoms with Crippen LogP contribution in [0.25, 0.3) is 0 Å². The molecule has 2 heteroatoms. The Kier molecular flexibility index (Phi) is 3.34. The van der Waals surface area contributed by atoms with Crippen molar-refractivity contribution >= 4 is 11.5 Å². The van der Waals surface area contributed by atoms with Gasteiger partial charge in [0.2, 0.25) is 0 Å². The number of anilines is 1. The van der Waals surface area contributed by atoms with E-state index in [0.29, 0.717) is 17.9 Å². The lowest BCUT2D eigenvalue weighted by Crippen LogP contribution is -2.53. The van der Waals surface area contributed by atoms with E-state index >= 15 is 0 Å². The van der Waals surface area contributed by atoms with Gasteiger partial charge in [-0.25, -0.2) is 0 Å². The number of nitrogens with zero attached hydrogens (tertiary/aromatic N) is 1. The van der Waals surface area contributed by atoms with Gasteiger partial charge in [-0.2, -0.15) is 0 Å². The maximum absolute atomic E-state index is 11.9. The zero-order valence-corrected chi connectivity index (χ0v) is 12.0. The molecule has 2 atom stereocenters. The molecule has 0 amide bonds. The molecule has 0 radical (unpaired) electrons. The fraction of sp³-hybridized carbons (Fsp3) is 0.588. The molecule has 3 rings (SSSR count). The Bertz CT molecular complexity index is 478. The van der Waals surface area contributed by atoms with Gasteiger partial charge >= 0.3 is 0 Å². The van der Waals surface area contributed by atoms with Gasteiger partial charge in [0, 0.05) is 30.6 Å². The Labute approximate surface area is 115 Å². The summed E-state index contributed by atoms with van der Waals surface area (Å²) >= 11 is 0.